The van der Waals surface area contributed by atoms with E-state index in [2.05, 4.69) is 58.8 Å². The van der Waals surface area contributed by atoms with Crippen LogP contribution < -0.4 is 11.1 Å². The van der Waals surface area contributed by atoms with Crippen molar-refractivity contribution in [3.05, 3.63) is 48.6 Å². The molecule has 0 aromatic heterocycles. The molecule has 1 aliphatic heterocycles. The molecule has 0 aromatic carbocycles. The van der Waals surface area contributed by atoms with Gasteiger partial charge >= 0.3 is 0 Å². The van der Waals surface area contributed by atoms with Gasteiger partial charge in [-0.3, -0.25) is 10.2 Å². The summed E-state index contributed by atoms with van der Waals surface area (Å²) >= 11 is 0. The monoisotopic (exact) mass is 469 g/mol. The third-order valence-electron chi connectivity index (χ3n) is 7.91. The molecule has 0 radical (unpaired) electrons. The number of nitrogens with two attached hydrogens (primary N) is 1. The van der Waals surface area contributed by atoms with E-state index in [1.54, 1.807) is 0 Å². The predicted octanol–water partition coefficient (Wildman–Crippen LogP) is 5.85. The van der Waals surface area contributed by atoms with Gasteiger partial charge in [0, 0.05) is 23.9 Å². The normalized spacial score (nSPS) is 26.2. The van der Waals surface area contributed by atoms with Gasteiger partial charge in [0.1, 0.15) is 6.23 Å². The molecule has 5 atom stereocenters. The Bertz CT molecular complexity index is 621. The van der Waals surface area contributed by atoms with Crippen molar-refractivity contribution in [2.75, 3.05) is 19.6 Å². The Labute approximate surface area is 209 Å². The summed E-state index contributed by atoms with van der Waals surface area (Å²) in [5.41, 5.74) is 5.53. The van der Waals surface area contributed by atoms with E-state index in [-0.39, 0.29) is 6.23 Å². The molecule has 192 valence electrons. The van der Waals surface area contributed by atoms with Crippen molar-refractivity contribution in [1.29, 1.82) is 0 Å². The van der Waals surface area contributed by atoms with Crippen LogP contribution in [0.4, 0.5) is 0 Å². The summed E-state index contributed by atoms with van der Waals surface area (Å²) in [6, 6.07) is 1.11. The number of nitrogens with one attached hydrogen (secondary N) is 1. The van der Waals surface area contributed by atoms with E-state index in [1.807, 2.05) is 0 Å². The van der Waals surface area contributed by atoms with Gasteiger partial charge in [-0.05, 0) is 51.7 Å². The topological polar surface area (TPSA) is 61.5 Å². The zero-order chi connectivity index (χ0) is 23.8. The predicted molar refractivity (Wildman–Crippen MR) is 146 cm³/mol. The summed E-state index contributed by atoms with van der Waals surface area (Å²) in [6.07, 6.45) is 35.6. The Kier molecular flexibility index (Phi) is 13.3. The lowest BCUT2D eigenvalue weighted by Gasteiger charge is -2.29. The SMILES string of the molecule is NCCCCCCCCCCCNC(O)CCCCCCN1C2C=CC=CC2C2C=CC=CC21. The van der Waals surface area contributed by atoms with Gasteiger partial charge in [-0.2, -0.15) is 0 Å². The van der Waals surface area contributed by atoms with Crippen LogP contribution >= 0.6 is 0 Å². The first-order chi connectivity index (χ1) is 16.8. The van der Waals surface area contributed by atoms with E-state index in [9.17, 15) is 5.11 Å². The molecule has 4 heteroatoms. The number of nitrogens with zero attached hydrogens (tertiary/aromatic N) is 1. The summed E-state index contributed by atoms with van der Waals surface area (Å²) in [5, 5.41) is 13.5. The molecule has 5 unspecified atom stereocenters. The van der Waals surface area contributed by atoms with Crippen molar-refractivity contribution in [3.63, 3.8) is 0 Å². The first-order valence-electron chi connectivity index (χ1n) is 14.4. The van der Waals surface area contributed by atoms with Gasteiger partial charge < -0.3 is 10.8 Å². The minimum atomic E-state index is -0.332. The van der Waals surface area contributed by atoms with Crippen molar-refractivity contribution in [2.24, 2.45) is 17.6 Å². The molecule has 2 aliphatic carbocycles. The zero-order valence-electron chi connectivity index (χ0n) is 21.5. The molecule has 0 bridgehead atoms. The van der Waals surface area contributed by atoms with Crippen molar-refractivity contribution < 1.29 is 5.11 Å². The second kappa shape index (κ2) is 16.5. The van der Waals surface area contributed by atoms with E-state index < -0.39 is 0 Å². The number of unbranched alkanes of at least 4 members (excludes halogenated alkanes) is 11. The molecule has 4 N–H and O–H groups in total. The lowest BCUT2D eigenvalue weighted by atomic mass is 9.83. The van der Waals surface area contributed by atoms with Crippen LogP contribution in [-0.4, -0.2) is 48.0 Å². The largest absolute Gasteiger partial charge is 0.379 e. The number of aliphatic hydroxyl groups excluding tert-OH is 1. The van der Waals surface area contributed by atoms with Crippen LogP contribution in [0.2, 0.25) is 0 Å². The molecule has 1 heterocycles. The maximum absolute atomic E-state index is 10.2. The molecular formula is C30H51N3O. The number of rotatable bonds is 19. The Hall–Kier alpha value is -1.20. The first kappa shape index (κ1) is 27.4. The fourth-order valence-electron chi connectivity index (χ4n) is 5.96. The highest BCUT2D eigenvalue weighted by Crippen LogP contribution is 2.41. The van der Waals surface area contributed by atoms with Gasteiger partial charge in [-0.25, -0.2) is 0 Å². The maximum Gasteiger partial charge on any atom is 0.104 e. The highest BCUT2D eigenvalue weighted by atomic mass is 16.3. The van der Waals surface area contributed by atoms with Crippen LogP contribution in [0.5, 0.6) is 0 Å². The lowest BCUT2D eigenvalue weighted by Crippen LogP contribution is -2.37. The van der Waals surface area contributed by atoms with E-state index in [1.165, 1.54) is 83.6 Å². The number of fused-ring (bicyclic) bond motifs is 3. The quantitative estimate of drug-likeness (QED) is 0.164. The number of hydrogen-bond acceptors (Lipinski definition) is 4. The first-order valence-corrected chi connectivity index (χ1v) is 14.4. The molecule has 1 saturated heterocycles. The number of likely N-dealkylation sites (tertiary alicyclic amines) is 1. The van der Waals surface area contributed by atoms with Crippen molar-refractivity contribution in [3.8, 4) is 0 Å². The molecule has 0 amide bonds. The average Bonchev–Trinajstić information content (AvgIpc) is 3.18. The minimum Gasteiger partial charge on any atom is -0.379 e. The molecule has 0 spiro atoms. The summed E-state index contributed by atoms with van der Waals surface area (Å²) in [7, 11) is 0. The Morgan fingerprint density at radius 3 is 1.76 bits per heavy atom. The number of allylic oxidation sites excluding steroid dienone is 4. The molecule has 3 aliphatic rings. The van der Waals surface area contributed by atoms with Crippen molar-refractivity contribution in [1.82, 2.24) is 10.2 Å². The summed E-state index contributed by atoms with van der Waals surface area (Å²) in [6.45, 7) is 2.96. The average molecular weight is 470 g/mol. The third-order valence-corrected chi connectivity index (χ3v) is 7.91. The highest BCUT2D eigenvalue weighted by molar-refractivity contribution is 5.30. The fraction of sp³-hybridized carbons (Fsp3) is 0.733. The van der Waals surface area contributed by atoms with Crippen LogP contribution in [0.3, 0.4) is 0 Å². The molecular weight excluding hydrogens is 418 g/mol. The lowest BCUT2D eigenvalue weighted by molar-refractivity contribution is 0.124. The Morgan fingerprint density at radius 2 is 1.15 bits per heavy atom. The Morgan fingerprint density at radius 1 is 0.647 bits per heavy atom. The second-order valence-corrected chi connectivity index (χ2v) is 10.6. The number of aliphatic hydroxyl groups is 1. The summed E-state index contributed by atoms with van der Waals surface area (Å²) in [4.78, 5) is 2.72. The van der Waals surface area contributed by atoms with Crippen LogP contribution in [0.25, 0.3) is 0 Å². The third kappa shape index (κ3) is 9.11. The van der Waals surface area contributed by atoms with Gasteiger partial charge in [0.25, 0.3) is 0 Å². The summed E-state index contributed by atoms with van der Waals surface area (Å²) < 4.78 is 0. The van der Waals surface area contributed by atoms with Gasteiger partial charge in [0.05, 0.1) is 0 Å². The highest BCUT2D eigenvalue weighted by Gasteiger charge is 2.44. The molecule has 4 nitrogen and oxygen atoms in total. The van der Waals surface area contributed by atoms with Crippen molar-refractivity contribution in [2.45, 2.75) is 108 Å². The Balaban J connectivity index is 1.14. The molecule has 1 fully saturated rings. The van der Waals surface area contributed by atoms with Gasteiger partial charge in [0.2, 0.25) is 0 Å². The molecule has 3 rings (SSSR count). The minimum absolute atomic E-state index is 0.332. The second-order valence-electron chi connectivity index (χ2n) is 10.6. The standard InChI is InChI=1S/C30H51N3O/c31-23-15-7-4-2-1-3-5-8-16-24-32-30(34)22-10-6-9-17-25-33-28-20-13-11-18-26(28)27-19-12-14-21-29(27)33/h11-14,18-21,26-30,32,34H,1-10,15-17,22-25,31H2. The van der Waals surface area contributed by atoms with Crippen LogP contribution in [0, 0.1) is 11.8 Å². The van der Waals surface area contributed by atoms with Crippen LogP contribution in [-0.2, 0) is 0 Å². The van der Waals surface area contributed by atoms with Gasteiger partial charge in [-0.1, -0.05) is 106 Å². The van der Waals surface area contributed by atoms with Crippen molar-refractivity contribution >= 4 is 0 Å². The van der Waals surface area contributed by atoms with E-state index in [0.29, 0.717) is 23.9 Å². The molecule has 0 aromatic rings. The van der Waals surface area contributed by atoms with Crippen LogP contribution in [0.1, 0.15) is 89.9 Å². The summed E-state index contributed by atoms with van der Waals surface area (Å²) in [5.74, 6) is 1.26. The smallest absolute Gasteiger partial charge is 0.104 e. The van der Waals surface area contributed by atoms with E-state index in [4.69, 9.17) is 5.73 Å². The maximum atomic E-state index is 10.2. The van der Waals surface area contributed by atoms with E-state index >= 15 is 0 Å². The molecule has 0 saturated carbocycles. The molecule has 34 heavy (non-hydrogen) atoms. The zero-order valence-corrected chi connectivity index (χ0v) is 21.5. The van der Waals surface area contributed by atoms with Crippen LogP contribution in [0.15, 0.2) is 48.6 Å². The van der Waals surface area contributed by atoms with Gasteiger partial charge in [-0.15, -0.1) is 0 Å². The van der Waals surface area contributed by atoms with E-state index in [0.717, 1.165) is 25.9 Å². The number of hydrogen-bond donors (Lipinski definition) is 3. The van der Waals surface area contributed by atoms with Gasteiger partial charge in [0.15, 0.2) is 0 Å². The fourth-order valence-corrected chi connectivity index (χ4v) is 5.96.